The molecule has 4 nitrogen and oxygen atoms in total. The highest BCUT2D eigenvalue weighted by atomic mass is 35.5. The van der Waals surface area contributed by atoms with Gasteiger partial charge in [-0.05, 0) is 12.1 Å². The summed E-state index contributed by atoms with van der Waals surface area (Å²) in [5.41, 5.74) is 2.07. The molecule has 1 aliphatic heterocycles. The van der Waals surface area contributed by atoms with Crippen molar-refractivity contribution in [1.82, 2.24) is 14.3 Å². The van der Waals surface area contributed by atoms with E-state index in [2.05, 4.69) is 16.1 Å². The number of pyridine rings is 1. The van der Waals surface area contributed by atoms with Crippen LogP contribution in [0.4, 0.5) is 0 Å². The molecule has 0 bridgehead atoms. The lowest BCUT2D eigenvalue weighted by molar-refractivity contribution is 0.0383. The molecule has 2 aromatic heterocycles. The number of nitrogens with zero attached hydrogens (tertiary/aromatic N) is 3. The van der Waals surface area contributed by atoms with Gasteiger partial charge in [-0.3, -0.25) is 4.90 Å². The maximum Gasteiger partial charge on any atom is 0.137 e. The SMILES string of the molecule is Clc1ccc2nc(CCN3CCOCC3)cn2c1. The smallest absolute Gasteiger partial charge is 0.137 e. The van der Waals surface area contributed by atoms with Crippen molar-refractivity contribution < 1.29 is 4.74 Å². The van der Waals surface area contributed by atoms with Crippen LogP contribution in [-0.4, -0.2) is 47.1 Å². The summed E-state index contributed by atoms with van der Waals surface area (Å²) in [6.07, 6.45) is 4.92. The molecule has 0 aliphatic carbocycles. The van der Waals surface area contributed by atoms with Crippen LogP contribution in [0.1, 0.15) is 5.69 Å². The molecule has 2 aromatic rings. The molecule has 1 fully saturated rings. The molecule has 0 amide bonds. The number of hydrogen-bond donors (Lipinski definition) is 0. The number of hydrogen-bond acceptors (Lipinski definition) is 3. The summed E-state index contributed by atoms with van der Waals surface area (Å²) < 4.78 is 7.32. The normalized spacial score (nSPS) is 17.4. The zero-order valence-electron chi connectivity index (χ0n) is 10.2. The summed E-state index contributed by atoms with van der Waals surface area (Å²) in [6.45, 7) is 4.79. The molecule has 0 N–H and O–H groups in total. The van der Waals surface area contributed by atoms with Crippen LogP contribution < -0.4 is 0 Å². The van der Waals surface area contributed by atoms with E-state index >= 15 is 0 Å². The molecule has 3 rings (SSSR count). The minimum absolute atomic E-state index is 0.736. The largest absolute Gasteiger partial charge is 0.379 e. The van der Waals surface area contributed by atoms with Gasteiger partial charge < -0.3 is 9.14 Å². The van der Waals surface area contributed by atoms with Gasteiger partial charge in [-0.1, -0.05) is 11.6 Å². The third kappa shape index (κ3) is 2.66. The topological polar surface area (TPSA) is 29.8 Å². The average Bonchev–Trinajstić information content (AvgIpc) is 2.79. The molecule has 18 heavy (non-hydrogen) atoms. The molecule has 5 heteroatoms. The van der Waals surface area contributed by atoms with Gasteiger partial charge in [-0.2, -0.15) is 0 Å². The van der Waals surface area contributed by atoms with E-state index in [-0.39, 0.29) is 0 Å². The minimum Gasteiger partial charge on any atom is -0.379 e. The number of aromatic nitrogens is 2. The van der Waals surface area contributed by atoms with E-state index in [1.165, 1.54) is 0 Å². The first-order valence-corrected chi connectivity index (χ1v) is 6.62. The molecule has 0 unspecified atom stereocenters. The second-order valence-corrected chi connectivity index (χ2v) is 4.99. The molecule has 96 valence electrons. The summed E-state index contributed by atoms with van der Waals surface area (Å²) in [5, 5.41) is 0.736. The Balaban J connectivity index is 1.67. The van der Waals surface area contributed by atoms with Gasteiger partial charge in [0.05, 0.1) is 23.9 Å². The first-order chi connectivity index (χ1) is 8.81. The summed E-state index contributed by atoms with van der Waals surface area (Å²) in [7, 11) is 0. The Hall–Kier alpha value is -1.10. The van der Waals surface area contributed by atoms with E-state index in [0.717, 1.165) is 55.6 Å². The van der Waals surface area contributed by atoms with Gasteiger partial charge in [-0.15, -0.1) is 0 Å². The summed E-state index contributed by atoms with van der Waals surface area (Å²) in [5.74, 6) is 0. The minimum atomic E-state index is 0.736. The lowest BCUT2D eigenvalue weighted by Gasteiger charge is -2.26. The Kier molecular flexibility index (Phi) is 3.50. The first-order valence-electron chi connectivity index (χ1n) is 6.24. The quantitative estimate of drug-likeness (QED) is 0.849. The number of morpholine rings is 1. The number of fused-ring (bicyclic) bond motifs is 1. The van der Waals surface area contributed by atoms with Crippen LogP contribution in [-0.2, 0) is 11.2 Å². The zero-order valence-corrected chi connectivity index (χ0v) is 10.9. The Morgan fingerprint density at radius 1 is 1.22 bits per heavy atom. The Morgan fingerprint density at radius 2 is 2.06 bits per heavy atom. The molecular formula is C13H16ClN3O. The number of imidazole rings is 1. The predicted octanol–water partition coefficient (Wildman–Crippen LogP) is 1.86. The average molecular weight is 266 g/mol. The van der Waals surface area contributed by atoms with Crippen molar-refractivity contribution in [2.24, 2.45) is 0 Å². The van der Waals surface area contributed by atoms with E-state index in [9.17, 15) is 0 Å². The van der Waals surface area contributed by atoms with Crippen LogP contribution in [0.15, 0.2) is 24.5 Å². The Labute approximate surface area is 111 Å². The Bertz CT molecular complexity index is 534. The lowest BCUT2D eigenvalue weighted by Crippen LogP contribution is -2.37. The van der Waals surface area contributed by atoms with Gasteiger partial charge in [0.25, 0.3) is 0 Å². The molecule has 1 saturated heterocycles. The molecule has 0 aromatic carbocycles. The number of rotatable bonds is 3. The van der Waals surface area contributed by atoms with Crippen molar-refractivity contribution >= 4 is 17.2 Å². The molecular weight excluding hydrogens is 250 g/mol. The molecule has 1 aliphatic rings. The second kappa shape index (κ2) is 5.26. The third-order valence-electron chi connectivity index (χ3n) is 3.25. The molecule has 3 heterocycles. The number of ether oxygens (including phenoxy) is 1. The second-order valence-electron chi connectivity index (χ2n) is 4.55. The number of halogens is 1. The molecule has 0 spiro atoms. The van der Waals surface area contributed by atoms with Crippen molar-refractivity contribution in [3.63, 3.8) is 0 Å². The van der Waals surface area contributed by atoms with Crippen molar-refractivity contribution in [2.45, 2.75) is 6.42 Å². The third-order valence-corrected chi connectivity index (χ3v) is 3.48. The predicted molar refractivity (Wildman–Crippen MR) is 71.2 cm³/mol. The van der Waals surface area contributed by atoms with Gasteiger partial charge >= 0.3 is 0 Å². The van der Waals surface area contributed by atoms with E-state index in [1.807, 2.05) is 22.7 Å². The van der Waals surface area contributed by atoms with E-state index in [0.29, 0.717) is 0 Å². The summed E-state index contributed by atoms with van der Waals surface area (Å²) in [6, 6.07) is 3.82. The van der Waals surface area contributed by atoms with Crippen molar-refractivity contribution in [1.29, 1.82) is 0 Å². The van der Waals surface area contributed by atoms with Gasteiger partial charge in [0, 0.05) is 38.4 Å². The highest BCUT2D eigenvalue weighted by Crippen LogP contribution is 2.12. The van der Waals surface area contributed by atoms with Crippen LogP contribution in [0.5, 0.6) is 0 Å². The fraction of sp³-hybridized carbons (Fsp3) is 0.462. The van der Waals surface area contributed by atoms with Gasteiger partial charge in [0.1, 0.15) is 5.65 Å². The molecule has 0 radical (unpaired) electrons. The molecule has 0 saturated carbocycles. The van der Waals surface area contributed by atoms with Gasteiger partial charge in [0.15, 0.2) is 0 Å². The maximum absolute atomic E-state index is 5.96. The molecule has 0 atom stereocenters. The van der Waals surface area contributed by atoms with Gasteiger partial charge in [0.2, 0.25) is 0 Å². The first kappa shape index (κ1) is 12.0. The van der Waals surface area contributed by atoms with Crippen LogP contribution >= 0.6 is 11.6 Å². The fourth-order valence-corrected chi connectivity index (χ4v) is 2.40. The fourth-order valence-electron chi connectivity index (χ4n) is 2.24. The lowest BCUT2D eigenvalue weighted by atomic mass is 10.3. The van der Waals surface area contributed by atoms with Crippen LogP contribution in [0.25, 0.3) is 5.65 Å². The van der Waals surface area contributed by atoms with Crippen molar-refractivity contribution in [3.8, 4) is 0 Å². The van der Waals surface area contributed by atoms with Crippen molar-refractivity contribution in [2.75, 3.05) is 32.8 Å². The Morgan fingerprint density at radius 3 is 2.89 bits per heavy atom. The monoisotopic (exact) mass is 265 g/mol. The van der Waals surface area contributed by atoms with Crippen molar-refractivity contribution in [3.05, 3.63) is 35.2 Å². The standard InChI is InChI=1S/C13H16ClN3O/c14-11-1-2-13-15-12(10-17(13)9-11)3-4-16-5-7-18-8-6-16/h1-2,9-10H,3-8H2. The van der Waals surface area contributed by atoms with Gasteiger partial charge in [-0.25, -0.2) is 4.98 Å². The maximum atomic E-state index is 5.96. The highest BCUT2D eigenvalue weighted by molar-refractivity contribution is 6.30. The highest BCUT2D eigenvalue weighted by Gasteiger charge is 2.11. The van der Waals surface area contributed by atoms with E-state index < -0.39 is 0 Å². The zero-order chi connectivity index (χ0) is 12.4. The summed E-state index contributed by atoms with van der Waals surface area (Å²) in [4.78, 5) is 7.00. The van der Waals surface area contributed by atoms with Crippen LogP contribution in [0.2, 0.25) is 5.02 Å². The van der Waals surface area contributed by atoms with E-state index in [4.69, 9.17) is 16.3 Å². The van der Waals surface area contributed by atoms with E-state index in [1.54, 1.807) is 0 Å². The summed E-state index contributed by atoms with van der Waals surface area (Å²) >= 11 is 5.96. The van der Waals surface area contributed by atoms with Crippen LogP contribution in [0.3, 0.4) is 0 Å². The van der Waals surface area contributed by atoms with Crippen LogP contribution in [0, 0.1) is 0 Å².